The molecule has 2 aromatic carbocycles. The highest BCUT2D eigenvalue weighted by Crippen LogP contribution is 2.28. The molecule has 3 aromatic rings. The molecule has 3 rings (SSSR count). The van der Waals surface area contributed by atoms with Crippen molar-refractivity contribution in [1.82, 2.24) is 10.2 Å². The van der Waals surface area contributed by atoms with Crippen LogP contribution in [0.4, 0.5) is 5.69 Å². The van der Waals surface area contributed by atoms with Crippen LogP contribution in [0.1, 0.15) is 16.1 Å². The predicted octanol–water partition coefficient (Wildman–Crippen LogP) is 2.16. The summed E-state index contributed by atoms with van der Waals surface area (Å²) in [5.41, 5.74) is 9.26. The first-order chi connectivity index (χ1) is 12.0. The van der Waals surface area contributed by atoms with Gasteiger partial charge in [-0.1, -0.05) is 30.3 Å². The first kappa shape index (κ1) is 17.0. The summed E-state index contributed by atoms with van der Waals surface area (Å²) in [6.45, 7) is 0. The van der Waals surface area contributed by atoms with Crippen LogP contribution in [0.3, 0.4) is 0 Å². The Kier molecular flexibility index (Phi) is 4.73. The maximum atomic E-state index is 11.5. The van der Waals surface area contributed by atoms with Gasteiger partial charge in [0.15, 0.2) is 16.8 Å². The lowest BCUT2D eigenvalue weighted by Gasteiger charge is -2.10. The van der Waals surface area contributed by atoms with Crippen molar-refractivity contribution in [3.05, 3.63) is 53.7 Å². The van der Waals surface area contributed by atoms with E-state index in [1.807, 2.05) is 42.5 Å². The van der Waals surface area contributed by atoms with E-state index in [0.29, 0.717) is 11.2 Å². The number of aromatic nitrogens is 2. The molecule has 8 heteroatoms. The molecule has 0 aliphatic heterocycles. The van der Waals surface area contributed by atoms with E-state index in [-0.39, 0.29) is 11.4 Å². The summed E-state index contributed by atoms with van der Waals surface area (Å²) in [6.07, 6.45) is 0. The molecule has 128 valence electrons. The van der Waals surface area contributed by atoms with Crippen molar-refractivity contribution < 1.29 is 13.6 Å². The topological polar surface area (TPSA) is 118 Å². The van der Waals surface area contributed by atoms with Crippen LogP contribution in [-0.4, -0.2) is 31.9 Å². The van der Waals surface area contributed by atoms with Gasteiger partial charge in [0.2, 0.25) is 0 Å². The molecule has 0 radical (unpaired) electrons. The molecule has 0 spiro atoms. The van der Waals surface area contributed by atoms with Crippen molar-refractivity contribution in [2.75, 3.05) is 12.4 Å². The lowest BCUT2D eigenvalue weighted by atomic mass is 10.0. The van der Waals surface area contributed by atoms with Gasteiger partial charge in [0.1, 0.15) is 0 Å². The van der Waals surface area contributed by atoms with Crippen LogP contribution in [-0.2, 0) is 16.8 Å². The van der Waals surface area contributed by atoms with E-state index >= 15 is 0 Å². The van der Waals surface area contributed by atoms with Gasteiger partial charge in [0.05, 0.1) is 17.0 Å². The molecule has 0 saturated heterocycles. The maximum Gasteiger partial charge on any atom is 0.271 e. The van der Waals surface area contributed by atoms with Gasteiger partial charge in [-0.3, -0.25) is 4.79 Å². The monoisotopic (exact) mass is 356 g/mol. The number of nitrogens with one attached hydrogen (secondary N) is 1. The van der Waals surface area contributed by atoms with E-state index in [1.165, 1.54) is 0 Å². The third kappa shape index (κ3) is 3.49. The van der Waals surface area contributed by atoms with Crippen molar-refractivity contribution in [1.29, 1.82) is 0 Å². The van der Waals surface area contributed by atoms with Crippen LogP contribution >= 0.6 is 0 Å². The largest absolute Gasteiger partial charge is 0.386 e. The van der Waals surface area contributed by atoms with E-state index in [2.05, 4.69) is 15.5 Å². The number of primary amides is 1. The van der Waals surface area contributed by atoms with Crippen molar-refractivity contribution in [3.8, 4) is 11.1 Å². The lowest BCUT2D eigenvalue weighted by Crippen LogP contribution is -2.16. The summed E-state index contributed by atoms with van der Waals surface area (Å²) < 4.78 is 19.8. The van der Waals surface area contributed by atoms with Gasteiger partial charge in [-0.05, 0) is 28.8 Å². The van der Waals surface area contributed by atoms with Crippen LogP contribution in [0, 0.1) is 0 Å². The Morgan fingerprint density at radius 1 is 1.16 bits per heavy atom. The molecule has 25 heavy (non-hydrogen) atoms. The molecular weight excluding hydrogens is 340 g/mol. The fourth-order valence-corrected chi connectivity index (χ4v) is 3.13. The maximum absolute atomic E-state index is 11.5. The molecule has 0 fully saturated rings. The number of rotatable bonds is 5. The van der Waals surface area contributed by atoms with Gasteiger partial charge in [-0.25, -0.2) is 4.21 Å². The predicted molar refractivity (Wildman–Crippen MR) is 97.5 cm³/mol. The molecule has 0 aliphatic rings. The average Bonchev–Trinajstić information content (AvgIpc) is 2.60. The number of hydrogen-bond donors (Lipinski definition) is 3. The smallest absolute Gasteiger partial charge is 0.271 e. The van der Waals surface area contributed by atoms with Crippen LogP contribution < -0.4 is 11.1 Å². The first-order valence-electron chi connectivity index (χ1n) is 7.44. The van der Waals surface area contributed by atoms with Crippen molar-refractivity contribution in [3.63, 3.8) is 0 Å². The van der Waals surface area contributed by atoms with Crippen LogP contribution in [0.25, 0.3) is 22.0 Å². The molecule has 0 bridgehead atoms. The number of amides is 1. The van der Waals surface area contributed by atoms with E-state index in [0.717, 1.165) is 22.1 Å². The third-order valence-corrected chi connectivity index (χ3v) is 4.40. The lowest BCUT2D eigenvalue weighted by molar-refractivity contribution is 0.0995. The summed E-state index contributed by atoms with van der Waals surface area (Å²) in [4.78, 5) is 11.5. The quantitative estimate of drug-likeness (QED) is 0.603. The number of nitrogens with zero attached hydrogens (tertiary/aromatic N) is 2. The number of anilines is 1. The molecule has 1 unspecified atom stereocenters. The Morgan fingerprint density at radius 2 is 1.84 bits per heavy atom. The van der Waals surface area contributed by atoms with Crippen molar-refractivity contribution in [2.45, 2.75) is 5.75 Å². The van der Waals surface area contributed by atoms with Gasteiger partial charge < -0.3 is 15.6 Å². The van der Waals surface area contributed by atoms with E-state index in [1.54, 1.807) is 7.05 Å². The molecule has 0 aliphatic carbocycles. The molecule has 4 N–H and O–H groups in total. The molecule has 1 atom stereocenters. The third-order valence-electron chi connectivity index (χ3n) is 3.82. The fourth-order valence-electron chi connectivity index (χ4n) is 2.65. The number of benzene rings is 2. The highest BCUT2D eigenvalue weighted by atomic mass is 32.2. The van der Waals surface area contributed by atoms with Crippen molar-refractivity contribution >= 4 is 33.6 Å². The minimum atomic E-state index is -1.86. The summed E-state index contributed by atoms with van der Waals surface area (Å²) in [5, 5.41) is 11.7. The van der Waals surface area contributed by atoms with Crippen LogP contribution in [0.5, 0.6) is 0 Å². The van der Waals surface area contributed by atoms with Crippen LogP contribution in [0.15, 0.2) is 42.5 Å². The highest BCUT2D eigenvalue weighted by molar-refractivity contribution is 7.78. The molecular formula is C17H16N4O3S. The Balaban J connectivity index is 2.03. The number of carbonyl (C=O) groups is 1. The normalized spacial score (nSPS) is 12.1. The molecule has 1 heterocycles. The van der Waals surface area contributed by atoms with Crippen molar-refractivity contribution in [2.24, 2.45) is 5.73 Å². The first-order valence-corrected chi connectivity index (χ1v) is 8.72. The molecule has 1 aromatic heterocycles. The summed E-state index contributed by atoms with van der Waals surface area (Å²) >= 11 is -1.86. The summed E-state index contributed by atoms with van der Waals surface area (Å²) in [5.74, 6) is -0.537. The highest BCUT2D eigenvalue weighted by Gasteiger charge is 2.14. The van der Waals surface area contributed by atoms with Gasteiger partial charge in [0.25, 0.3) is 5.91 Å². The zero-order valence-corrected chi connectivity index (χ0v) is 14.2. The Morgan fingerprint density at radius 3 is 2.44 bits per heavy atom. The van der Waals surface area contributed by atoms with E-state index in [4.69, 9.17) is 10.3 Å². The van der Waals surface area contributed by atoms with Gasteiger partial charge in [0, 0.05) is 12.4 Å². The van der Waals surface area contributed by atoms with Crippen LogP contribution in [0.2, 0.25) is 0 Å². The van der Waals surface area contributed by atoms with E-state index in [9.17, 15) is 9.00 Å². The number of hydrogen-bond acceptors (Lipinski definition) is 5. The second-order valence-corrected chi connectivity index (χ2v) is 6.36. The minimum Gasteiger partial charge on any atom is -0.386 e. The second-order valence-electron chi connectivity index (χ2n) is 5.43. The molecule has 1 amide bonds. The molecule has 0 saturated carbocycles. The molecule has 7 nitrogen and oxygen atoms in total. The van der Waals surface area contributed by atoms with E-state index < -0.39 is 17.0 Å². The Labute approximate surface area is 146 Å². The van der Waals surface area contributed by atoms with Gasteiger partial charge in [-0.15, -0.1) is 10.2 Å². The fraction of sp³-hybridized carbons (Fsp3) is 0.118. The second kappa shape index (κ2) is 6.96. The minimum absolute atomic E-state index is 0.101. The SMILES string of the molecule is CNc1c(C(N)=O)nnc2cc(-c3ccc(CS(=O)O)cc3)ccc12. The average molecular weight is 356 g/mol. The Bertz CT molecular complexity index is 974. The number of nitrogens with two attached hydrogens (primary N) is 1. The zero-order chi connectivity index (χ0) is 18.0. The van der Waals surface area contributed by atoms with Gasteiger partial charge in [-0.2, -0.15) is 0 Å². The Hall–Kier alpha value is -2.84. The number of fused-ring (bicyclic) bond motifs is 1. The summed E-state index contributed by atoms with van der Waals surface area (Å²) in [7, 11) is 1.70. The standard InChI is InChI=1S/C17H16N4O3S/c1-19-15-13-7-6-12(8-14(13)20-21-16(15)17(18)22)11-4-2-10(3-5-11)9-25(23)24/h2-8H,9H2,1H3,(H2,18,22)(H,19,20)(H,23,24). The zero-order valence-electron chi connectivity index (χ0n) is 13.4. The van der Waals surface area contributed by atoms with Gasteiger partial charge >= 0.3 is 0 Å². The number of carbonyl (C=O) groups excluding carboxylic acids is 1. The summed E-state index contributed by atoms with van der Waals surface area (Å²) in [6, 6.07) is 13.0.